The molecule has 1 aliphatic rings. The Kier molecular flexibility index (Phi) is 4.85. The summed E-state index contributed by atoms with van der Waals surface area (Å²) in [6.45, 7) is 0. The minimum atomic E-state index is -1.20. The van der Waals surface area contributed by atoms with Crippen molar-refractivity contribution in [3.8, 4) is 29.2 Å². The van der Waals surface area contributed by atoms with E-state index in [0.29, 0.717) is 11.1 Å². The van der Waals surface area contributed by atoms with E-state index in [1.807, 2.05) is 0 Å². The van der Waals surface area contributed by atoms with Crippen LogP contribution in [0.15, 0.2) is 36.4 Å². The van der Waals surface area contributed by atoms with Gasteiger partial charge in [0.1, 0.15) is 29.1 Å². The lowest BCUT2D eigenvalue weighted by molar-refractivity contribution is -0.124. The summed E-state index contributed by atoms with van der Waals surface area (Å²) in [7, 11) is 1.34. The van der Waals surface area contributed by atoms with Crippen LogP contribution in [0.2, 0.25) is 0 Å². The molecule has 26 heavy (non-hydrogen) atoms. The number of halogens is 2. The second kappa shape index (κ2) is 7.09. The SMILES string of the molecule is C#CC[C@@H]1CC(=O)C(c2c(F)cc(-c3ccc(F)cc3)cc2OC)C1=O. The normalized spacial score (nSPS) is 19.5. The molecule has 0 N–H and O–H groups in total. The Morgan fingerprint density at radius 2 is 1.85 bits per heavy atom. The Labute approximate surface area is 150 Å². The van der Waals surface area contributed by atoms with Gasteiger partial charge >= 0.3 is 0 Å². The van der Waals surface area contributed by atoms with Crippen LogP contribution in [0, 0.1) is 29.9 Å². The molecule has 0 amide bonds. The molecular formula is C21H16F2O3. The van der Waals surface area contributed by atoms with Crippen molar-refractivity contribution in [3.63, 3.8) is 0 Å². The van der Waals surface area contributed by atoms with E-state index in [1.165, 1.54) is 37.4 Å². The first kappa shape index (κ1) is 17.8. The highest BCUT2D eigenvalue weighted by atomic mass is 19.1. The van der Waals surface area contributed by atoms with Crippen molar-refractivity contribution in [2.75, 3.05) is 7.11 Å². The smallest absolute Gasteiger partial charge is 0.152 e. The lowest BCUT2D eigenvalue weighted by atomic mass is 9.90. The number of hydrogen-bond acceptors (Lipinski definition) is 3. The zero-order valence-corrected chi connectivity index (χ0v) is 14.1. The maximum atomic E-state index is 14.9. The molecule has 1 saturated carbocycles. The first-order valence-corrected chi connectivity index (χ1v) is 8.09. The predicted molar refractivity (Wildman–Crippen MR) is 92.7 cm³/mol. The largest absolute Gasteiger partial charge is 0.496 e. The van der Waals surface area contributed by atoms with Crippen LogP contribution in [0.25, 0.3) is 11.1 Å². The molecular weight excluding hydrogens is 338 g/mol. The van der Waals surface area contributed by atoms with E-state index in [1.54, 1.807) is 6.07 Å². The van der Waals surface area contributed by atoms with Crippen LogP contribution in [-0.2, 0) is 9.59 Å². The quantitative estimate of drug-likeness (QED) is 0.618. The highest BCUT2D eigenvalue weighted by Gasteiger charge is 2.44. The Hall–Kier alpha value is -3.00. The summed E-state index contributed by atoms with van der Waals surface area (Å²) in [4.78, 5) is 24.9. The molecule has 2 atom stereocenters. The van der Waals surface area contributed by atoms with Gasteiger partial charge in [0.2, 0.25) is 0 Å². The van der Waals surface area contributed by atoms with Gasteiger partial charge in [-0.15, -0.1) is 12.3 Å². The number of benzene rings is 2. The van der Waals surface area contributed by atoms with Crippen LogP contribution in [0.3, 0.4) is 0 Å². The van der Waals surface area contributed by atoms with Gasteiger partial charge in [-0.05, 0) is 35.4 Å². The second-order valence-electron chi connectivity index (χ2n) is 6.19. The predicted octanol–water partition coefficient (Wildman–Crippen LogP) is 3.91. The van der Waals surface area contributed by atoms with Crippen molar-refractivity contribution in [2.24, 2.45) is 5.92 Å². The number of ether oxygens (including phenoxy) is 1. The molecule has 0 bridgehead atoms. The van der Waals surface area contributed by atoms with Gasteiger partial charge in [0.15, 0.2) is 5.78 Å². The summed E-state index contributed by atoms with van der Waals surface area (Å²) in [5, 5.41) is 0. The monoisotopic (exact) mass is 354 g/mol. The van der Waals surface area contributed by atoms with E-state index >= 15 is 0 Å². The molecule has 1 unspecified atom stereocenters. The van der Waals surface area contributed by atoms with Crippen molar-refractivity contribution in [1.29, 1.82) is 0 Å². The lowest BCUT2D eigenvalue weighted by Crippen LogP contribution is -2.17. The summed E-state index contributed by atoms with van der Waals surface area (Å²) in [5.74, 6) is -1.15. The van der Waals surface area contributed by atoms with Crippen LogP contribution in [0.5, 0.6) is 5.75 Å². The number of hydrogen-bond donors (Lipinski definition) is 0. The van der Waals surface area contributed by atoms with Crippen molar-refractivity contribution >= 4 is 11.6 Å². The van der Waals surface area contributed by atoms with Crippen LogP contribution < -0.4 is 4.74 Å². The molecule has 0 radical (unpaired) electrons. The zero-order chi connectivity index (χ0) is 18.8. The Bertz CT molecular complexity index is 910. The van der Waals surface area contributed by atoms with Crippen molar-refractivity contribution in [2.45, 2.75) is 18.8 Å². The summed E-state index contributed by atoms with van der Waals surface area (Å²) in [6.07, 6.45) is 5.40. The van der Waals surface area contributed by atoms with E-state index < -0.39 is 23.5 Å². The molecule has 5 heteroatoms. The van der Waals surface area contributed by atoms with E-state index in [9.17, 15) is 18.4 Å². The minimum Gasteiger partial charge on any atom is -0.496 e. The molecule has 3 rings (SSSR count). The lowest BCUT2D eigenvalue weighted by Gasteiger charge is -2.16. The molecule has 0 saturated heterocycles. The van der Waals surface area contributed by atoms with Crippen molar-refractivity contribution in [3.05, 3.63) is 53.6 Å². The van der Waals surface area contributed by atoms with E-state index in [0.717, 1.165) is 0 Å². The third-order valence-corrected chi connectivity index (χ3v) is 4.60. The summed E-state index contributed by atoms with van der Waals surface area (Å²) >= 11 is 0. The highest BCUT2D eigenvalue weighted by Crippen LogP contribution is 2.41. The van der Waals surface area contributed by atoms with Crippen LogP contribution >= 0.6 is 0 Å². The summed E-state index contributed by atoms with van der Waals surface area (Å²) in [6, 6.07) is 8.32. The molecule has 1 aliphatic carbocycles. The summed E-state index contributed by atoms with van der Waals surface area (Å²) in [5.41, 5.74) is 0.985. The Morgan fingerprint density at radius 3 is 2.46 bits per heavy atom. The van der Waals surface area contributed by atoms with Gasteiger partial charge in [0.05, 0.1) is 7.11 Å². The van der Waals surface area contributed by atoms with Crippen molar-refractivity contribution in [1.82, 2.24) is 0 Å². The maximum Gasteiger partial charge on any atom is 0.152 e. The van der Waals surface area contributed by atoms with Crippen LogP contribution in [-0.4, -0.2) is 18.7 Å². The van der Waals surface area contributed by atoms with E-state index in [2.05, 4.69) is 5.92 Å². The number of Topliss-reactive ketones (excluding diaryl/α,β-unsaturated/α-hetero) is 2. The first-order valence-electron chi connectivity index (χ1n) is 8.09. The minimum absolute atomic E-state index is 0.00993. The molecule has 0 aliphatic heterocycles. The standard InChI is InChI=1S/C21H16F2O3/c1-3-4-13-10-17(24)20(21(13)25)19-16(23)9-14(11-18(19)26-2)12-5-7-15(22)8-6-12/h1,5-9,11,13,20H,4,10H2,2H3/t13-,20?/m1/s1. The van der Waals surface area contributed by atoms with E-state index in [4.69, 9.17) is 11.2 Å². The Balaban J connectivity index is 2.06. The van der Waals surface area contributed by atoms with Crippen LogP contribution in [0.4, 0.5) is 8.78 Å². The number of carbonyl (C=O) groups is 2. The number of ketones is 2. The van der Waals surface area contributed by atoms with Crippen LogP contribution in [0.1, 0.15) is 24.3 Å². The number of terminal acetylenes is 1. The third kappa shape index (κ3) is 3.11. The molecule has 2 aromatic rings. The maximum absolute atomic E-state index is 14.9. The third-order valence-electron chi connectivity index (χ3n) is 4.60. The molecule has 3 nitrogen and oxygen atoms in total. The number of carbonyl (C=O) groups excluding carboxylic acids is 2. The second-order valence-corrected chi connectivity index (χ2v) is 6.19. The van der Waals surface area contributed by atoms with E-state index in [-0.39, 0.29) is 35.7 Å². The topological polar surface area (TPSA) is 43.4 Å². The molecule has 0 heterocycles. The molecule has 2 aromatic carbocycles. The van der Waals surface area contributed by atoms with Gasteiger partial charge in [-0.25, -0.2) is 8.78 Å². The van der Waals surface area contributed by atoms with Gasteiger partial charge in [0.25, 0.3) is 0 Å². The van der Waals surface area contributed by atoms with Gasteiger partial charge < -0.3 is 4.74 Å². The van der Waals surface area contributed by atoms with Gasteiger partial charge in [0, 0.05) is 24.3 Å². The fraction of sp³-hybridized carbons (Fsp3) is 0.238. The fourth-order valence-electron chi connectivity index (χ4n) is 3.32. The first-order chi connectivity index (χ1) is 12.5. The van der Waals surface area contributed by atoms with Crippen molar-refractivity contribution < 1.29 is 23.1 Å². The molecule has 132 valence electrons. The average Bonchev–Trinajstić information content (AvgIpc) is 2.89. The summed E-state index contributed by atoms with van der Waals surface area (Å²) < 4.78 is 33.2. The van der Waals surface area contributed by atoms with Gasteiger partial charge in [-0.1, -0.05) is 12.1 Å². The molecule has 1 fully saturated rings. The molecule has 0 spiro atoms. The van der Waals surface area contributed by atoms with Gasteiger partial charge in [-0.2, -0.15) is 0 Å². The molecule has 0 aromatic heterocycles. The zero-order valence-electron chi connectivity index (χ0n) is 14.1. The highest BCUT2D eigenvalue weighted by molar-refractivity contribution is 6.15. The van der Waals surface area contributed by atoms with Gasteiger partial charge in [-0.3, -0.25) is 9.59 Å². The average molecular weight is 354 g/mol. The fourth-order valence-corrected chi connectivity index (χ4v) is 3.32. The number of rotatable bonds is 4. The Morgan fingerprint density at radius 1 is 1.15 bits per heavy atom. The number of methoxy groups -OCH3 is 1.